The quantitative estimate of drug-likeness (QED) is 0.582. The van der Waals surface area contributed by atoms with Crippen molar-refractivity contribution in [2.45, 2.75) is 18.2 Å². The molecule has 154 valence electrons. The topological polar surface area (TPSA) is 103 Å². The number of anilines is 1. The predicted molar refractivity (Wildman–Crippen MR) is 110 cm³/mol. The molecule has 0 radical (unpaired) electrons. The lowest BCUT2D eigenvalue weighted by molar-refractivity contribution is 0.355. The summed E-state index contributed by atoms with van der Waals surface area (Å²) in [5.74, 6) is 1.61. The Morgan fingerprint density at radius 1 is 0.966 bits per heavy atom. The summed E-state index contributed by atoms with van der Waals surface area (Å²) in [6, 6.07) is 12.1. The van der Waals surface area contributed by atoms with Crippen molar-refractivity contribution in [1.82, 2.24) is 10.2 Å². The van der Waals surface area contributed by atoms with Gasteiger partial charge in [0, 0.05) is 11.6 Å². The van der Waals surface area contributed by atoms with Gasteiger partial charge < -0.3 is 14.2 Å². The Balaban J connectivity index is 1.93. The molecule has 2 aromatic carbocycles. The van der Waals surface area contributed by atoms with Gasteiger partial charge in [0.2, 0.25) is 0 Å². The summed E-state index contributed by atoms with van der Waals surface area (Å²) in [4.78, 5) is 0.112. The fourth-order valence-corrected chi connectivity index (χ4v) is 4.48. The molecule has 2 N–H and O–H groups in total. The van der Waals surface area contributed by atoms with Gasteiger partial charge in [-0.3, -0.25) is 9.82 Å². The van der Waals surface area contributed by atoms with Crippen molar-refractivity contribution in [1.29, 1.82) is 0 Å². The van der Waals surface area contributed by atoms with E-state index in [0.29, 0.717) is 29.2 Å². The van der Waals surface area contributed by atoms with Crippen LogP contribution in [0.5, 0.6) is 17.2 Å². The van der Waals surface area contributed by atoms with E-state index in [4.69, 9.17) is 14.2 Å². The zero-order valence-electron chi connectivity index (χ0n) is 16.6. The number of nitrogens with zero attached hydrogens (tertiary/aromatic N) is 1. The highest BCUT2D eigenvalue weighted by Crippen LogP contribution is 2.33. The molecule has 0 amide bonds. The van der Waals surface area contributed by atoms with Crippen LogP contribution in [0.15, 0.2) is 47.4 Å². The first-order valence-electron chi connectivity index (χ1n) is 8.90. The molecule has 0 bridgehead atoms. The van der Waals surface area contributed by atoms with Crippen LogP contribution in [0.4, 0.5) is 5.82 Å². The Bertz CT molecular complexity index is 1090. The first-order valence-corrected chi connectivity index (χ1v) is 10.4. The lowest BCUT2D eigenvalue weighted by atomic mass is 10.1. The highest BCUT2D eigenvalue weighted by Gasteiger charge is 2.24. The number of H-pyrrole nitrogens is 1. The van der Waals surface area contributed by atoms with E-state index in [1.807, 2.05) is 13.0 Å². The maximum Gasteiger partial charge on any atom is 0.267 e. The van der Waals surface area contributed by atoms with E-state index in [1.54, 1.807) is 50.6 Å². The summed E-state index contributed by atoms with van der Waals surface area (Å²) in [5, 5.41) is 6.92. The van der Waals surface area contributed by atoms with Gasteiger partial charge in [-0.05, 0) is 36.2 Å². The number of aromatic nitrogens is 2. The zero-order chi connectivity index (χ0) is 21.0. The largest absolute Gasteiger partial charge is 0.495 e. The Morgan fingerprint density at radius 2 is 1.69 bits per heavy atom. The molecule has 0 aliphatic rings. The van der Waals surface area contributed by atoms with E-state index in [9.17, 15) is 8.42 Å². The van der Waals surface area contributed by atoms with Crippen molar-refractivity contribution in [3.05, 3.63) is 48.0 Å². The molecule has 3 aromatic rings. The number of benzene rings is 2. The summed E-state index contributed by atoms with van der Waals surface area (Å²) in [7, 11) is 0.655. The number of hydrogen-bond donors (Lipinski definition) is 2. The molecule has 8 nitrogen and oxygen atoms in total. The minimum absolute atomic E-state index is 0.112. The standard InChI is InChI=1S/C20H23N3O5S/c1-5-13-7-6-8-17(27-3)20(13)29(24,25)23-19-12-15(21-22-19)14-9-10-16(26-2)18(11-14)28-4/h6-12H,5H2,1-4H3,(H2,21,22,23). The maximum atomic E-state index is 13.0. The number of aryl methyl sites for hydroxylation is 1. The normalized spacial score (nSPS) is 11.2. The van der Waals surface area contributed by atoms with E-state index < -0.39 is 10.0 Å². The third-order valence-electron chi connectivity index (χ3n) is 4.44. The highest BCUT2D eigenvalue weighted by molar-refractivity contribution is 7.92. The van der Waals surface area contributed by atoms with Crippen molar-refractivity contribution in [3.8, 4) is 28.5 Å². The molecule has 0 fully saturated rings. The smallest absolute Gasteiger partial charge is 0.267 e. The molecule has 0 unspecified atom stereocenters. The van der Waals surface area contributed by atoms with Crippen LogP contribution >= 0.6 is 0 Å². The van der Waals surface area contributed by atoms with Gasteiger partial charge in [0.15, 0.2) is 17.3 Å². The third-order valence-corrected chi connectivity index (χ3v) is 5.92. The van der Waals surface area contributed by atoms with Crippen LogP contribution in [0.3, 0.4) is 0 Å². The van der Waals surface area contributed by atoms with Gasteiger partial charge in [0.1, 0.15) is 10.6 Å². The lowest BCUT2D eigenvalue weighted by Gasteiger charge is -2.13. The second-order valence-electron chi connectivity index (χ2n) is 6.14. The molecular formula is C20H23N3O5S. The molecule has 3 rings (SSSR count). The van der Waals surface area contributed by atoms with E-state index in [2.05, 4.69) is 14.9 Å². The van der Waals surface area contributed by atoms with Gasteiger partial charge in [-0.1, -0.05) is 19.1 Å². The number of nitrogens with one attached hydrogen (secondary N) is 2. The SMILES string of the molecule is CCc1cccc(OC)c1S(=O)(=O)Nc1cc(-c2ccc(OC)c(OC)c2)[nH]n1. The van der Waals surface area contributed by atoms with Crippen molar-refractivity contribution in [2.75, 3.05) is 26.1 Å². The molecule has 1 heterocycles. The van der Waals surface area contributed by atoms with Crippen LogP contribution in [0, 0.1) is 0 Å². The van der Waals surface area contributed by atoms with Crippen LogP contribution < -0.4 is 18.9 Å². The summed E-state index contributed by atoms with van der Waals surface area (Å²) in [6.45, 7) is 1.89. The molecular weight excluding hydrogens is 394 g/mol. The number of sulfonamides is 1. The number of hydrogen-bond acceptors (Lipinski definition) is 6. The van der Waals surface area contributed by atoms with Crippen molar-refractivity contribution < 1.29 is 22.6 Å². The summed E-state index contributed by atoms with van der Waals surface area (Å²) in [6.07, 6.45) is 0.547. The number of methoxy groups -OCH3 is 3. The summed E-state index contributed by atoms with van der Waals surface area (Å²) in [5.41, 5.74) is 2.05. The highest BCUT2D eigenvalue weighted by atomic mass is 32.2. The second kappa shape index (κ2) is 8.44. The molecule has 0 saturated carbocycles. The van der Waals surface area contributed by atoms with Crippen LogP contribution in [0.1, 0.15) is 12.5 Å². The monoisotopic (exact) mass is 417 g/mol. The van der Waals surface area contributed by atoms with Gasteiger partial charge in [-0.2, -0.15) is 5.10 Å². The van der Waals surface area contributed by atoms with E-state index in [-0.39, 0.29) is 16.5 Å². The fraction of sp³-hybridized carbons (Fsp3) is 0.250. The predicted octanol–water partition coefficient (Wildman–Crippen LogP) is 3.47. The van der Waals surface area contributed by atoms with Crippen molar-refractivity contribution >= 4 is 15.8 Å². The van der Waals surface area contributed by atoms with Gasteiger partial charge >= 0.3 is 0 Å². The van der Waals surface area contributed by atoms with E-state index in [0.717, 1.165) is 5.56 Å². The van der Waals surface area contributed by atoms with Gasteiger partial charge in [-0.15, -0.1) is 0 Å². The minimum atomic E-state index is -3.89. The molecule has 9 heteroatoms. The molecule has 1 aromatic heterocycles. The van der Waals surface area contributed by atoms with Crippen LogP contribution in [-0.4, -0.2) is 39.9 Å². The first-order chi connectivity index (χ1) is 13.9. The van der Waals surface area contributed by atoms with Crippen molar-refractivity contribution in [2.24, 2.45) is 0 Å². The third kappa shape index (κ3) is 4.14. The lowest BCUT2D eigenvalue weighted by Crippen LogP contribution is -2.16. The first kappa shape index (κ1) is 20.5. The molecule has 29 heavy (non-hydrogen) atoms. The Labute approximate surface area is 169 Å². The Morgan fingerprint density at radius 3 is 2.34 bits per heavy atom. The molecule has 0 saturated heterocycles. The van der Waals surface area contributed by atoms with Crippen LogP contribution in [-0.2, 0) is 16.4 Å². The fourth-order valence-electron chi connectivity index (χ4n) is 3.02. The van der Waals surface area contributed by atoms with Gasteiger partial charge in [0.05, 0.1) is 27.0 Å². The molecule has 0 aliphatic heterocycles. The Hall–Kier alpha value is -3.20. The van der Waals surface area contributed by atoms with E-state index in [1.165, 1.54) is 7.11 Å². The van der Waals surface area contributed by atoms with Gasteiger partial charge in [-0.25, -0.2) is 8.42 Å². The maximum absolute atomic E-state index is 13.0. The summed E-state index contributed by atoms with van der Waals surface area (Å²) < 4.78 is 44.3. The molecule has 0 atom stereocenters. The number of ether oxygens (including phenoxy) is 3. The van der Waals surface area contributed by atoms with Crippen molar-refractivity contribution in [3.63, 3.8) is 0 Å². The Kier molecular flexibility index (Phi) is 5.97. The number of rotatable bonds is 8. The average Bonchev–Trinajstić information content (AvgIpc) is 3.20. The molecule has 0 aliphatic carbocycles. The number of aromatic amines is 1. The minimum Gasteiger partial charge on any atom is -0.495 e. The van der Waals surface area contributed by atoms with Crippen LogP contribution in [0.25, 0.3) is 11.3 Å². The summed E-state index contributed by atoms with van der Waals surface area (Å²) >= 11 is 0. The average molecular weight is 417 g/mol. The van der Waals surface area contributed by atoms with Gasteiger partial charge in [0.25, 0.3) is 10.0 Å². The zero-order valence-corrected chi connectivity index (χ0v) is 17.5. The second-order valence-corrected chi connectivity index (χ2v) is 7.76. The molecule has 0 spiro atoms. The van der Waals surface area contributed by atoms with Crippen LogP contribution in [0.2, 0.25) is 0 Å². The van der Waals surface area contributed by atoms with E-state index >= 15 is 0 Å².